The Morgan fingerprint density at radius 3 is 1.79 bits per heavy atom. The molecule has 0 aliphatic rings. The molecule has 116 valence electrons. The van der Waals surface area contributed by atoms with Crippen molar-refractivity contribution in [3.05, 3.63) is 0 Å². The summed E-state index contributed by atoms with van der Waals surface area (Å²) in [7, 11) is 0. The molecule has 1 N–H and O–H groups in total. The molecule has 2 unspecified atom stereocenters. The number of hydrogen-bond donors (Lipinski definition) is 1. The van der Waals surface area contributed by atoms with Crippen molar-refractivity contribution in [3.63, 3.8) is 0 Å². The quantitative estimate of drug-likeness (QED) is 0.602. The first-order valence-corrected chi connectivity index (χ1v) is 8.56. The summed E-state index contributed by atoms with van der Waals surface area (Å²) in [4.78, 5) is 2.69. The normalized spacial score (nSPS) is 15.8. The average Bonchev–Trinajstić information content (AvgIpc) is 2.46. The van der Waals surface area contributed by atoms with Gasteiger partial charge in [-0.2, -0.15) is 0 Å². The molecule has 0 bridgehead atoms. The topological polar surface area (TPSA) is 15.3 Å². The Morgan fingerprint density at radius 1 is 0.947 bits per heavy atom. The van der Waals surface area contributed by atoms with Crippen LogP contribution in [0.4, 0.5) is 0 Å². The largest absolute Gasteiger partial charge is 0.312 e. The molecule has 0 aliphatic heterocycles. The Balaban J connectivity index is 5.33. The number of likely N-dealkylation sites (N-methyl/N-ethyl adjacent to an activating group) is 1. The van der Waals surface area contributed by atoms with Crippen LogP contribution in [0.15, 0.2) is 0 Å². The molecule has 0 spiro atoms. The first kappa shape index (κ1) is 18.9. The van der Waals surface area contributed by atoms with Crippen LogP contribution < -0.4 is 5.32 Å². The lowest BCUT2D eigenvalue weighted by Gasteiger charge is -2.50. The first-order valence-electron chi connectivity index (χ1n) is 8.56. The summed E-state index contributed by atoms with van der Waals surface area (Å²) in [6.07, 6.45) is 4.94. The SMILES string of the molecule is CCCNC(C(C)CC)C(CC)(CC)N(CC)CC. The van der Waals surface area contributed by atoms with Gasteiger partial charge in [0.25, 0.3) is 0 Å². The molecular formula is C17H38N2. The fourth-order valence-electron chi connectivity index (χ4n) is 3.64. The van der Waals surface area contributed by atoms with Crippen LogP contribution in [0.5, 0.6) is 0 Å². The van der Waals surface area contributed by atoms with Gasteiger partial charge in [-0.05, 0) is 44.8 Å². The molecule has 0 aromatic heterocycles. The standard InChI is InChI=1S/C17H38N2/c1-8-14-18-16(15(7)9-2)17(10-3,11-4)19(12-5)13-6/h15-16,18H,8-14H2,1-7H3. The Kier molecular flexibility index (Phi) is 9.72. The summed E-state index contributed by atoms with van der Waals surface area (Å²) in [5.41, 5.74) is 0.314. The van der Waals surface area contributed by atoms with E-state index in [9.17, 15) is 0 Å². The molecule has 2 nitrogen and oxygen atoms in total. The first-order chi connectivity index (χ1) is 9.07. The highest BCUT2D eigenvalue weighted by Crippen LogP contribution is 2.32. The molecule has 0 aromatic rings. The van der Waals surface area contributed by atoms with E-state index in [4.69, 9.17) is 0 Å². The van der Waals surface area contributed by atoms with Gasteiger partial charge in [-0.3, -0.25) is 4.90 Å². The van der Waals surface area contributed by atoms with Crippen molar-refractivity contribution in [1.82, 2.24) is 10.2 Å². The molecule has 19 heavy (non-hydrogen) atoms. The third-order valence-electron chi connectivity index (χ3n) is 5.02. The van der Waals surface area contributed by atoms with Crippen molar-refractivity contribution in [1.29, 1.82) is 0 Å². The van der Waals surface area contributed by atoms with E-state index in [0.717, 1.165) is 25.6 Å². The van der Waals surface area contributed by atoms with E-state index in [1.807, 2.05) is 0 Å². The second kappa shape index (κ2) is 9.77. The zero-order valence-electron chi connectivity index (χ0n) is 14.6. The summed E-state index contributed by atoms with van der Waals surface area (Å²) >= 11 is 0. The highest BCUT2D eigenvalue weighted by Gasteiger charge is 2.41. The van der Waals surface area contributed by atoms with Crippen LogP contribution in [0.3, 0.4) is 0 Å². The highest BCUT2D eigenvalue weighted by molar-refractivity contribution is 5.00. The molecule has 2 atom stereocenters. The molecule has 0 saturated carbocycles. The second-order valence-electron chi connectivity index (χ2n) is 5.80. The summed E-state index contributed by atoms with van der Waals surface area (Å²) in [6, 6.07) is 0.604. The summed E-state index contributed by atoms with van der Waals surface area (Å²) < 4.78 is 0. The van der Waals surface area contributed by atoms with Crippen LogP contribution in [-0.4, -0.2) is 36.1 Å². The number of hydrogen-bond acceptors (Lipinski definition) is 2. The maximum Gasteiger partial charge on any atom is 0.0359 e. The fraction of sp³-hybridized carbons (Fsp3) is 1.00. The smallest absolute Gasteiger partial charge is 0.0359 e. The Morgan fingerprint density at radius 2 is 1.47 bits per heavy atom. The van der Waals surface area contributed by atoms with Crippen molar-refractivity contribution in [2.45, 2.75) is 85.7 Å². The van der Waals surface area contributed by atoms with Gasteiger partial charge in [0.2, 0.25) is 0 Å². The fourth-order valence-corrected chi connectivity index (χ4v) is 3.64. The Bertz CT molecular complexity index is 207. The van der Waals surface area contributed by atoms with Crippen LogP contribution in [0.25, 0.3) is 0 Å². The summed E-state index contributed by atoms with van der Waals surface area (Å²) in [6.45, 7) is 19.8. The van der Waals surface area contributed by atoms with Gasteiger partial charge in [0, 0.05) is 11.6 Å². The van der Waals surface area contributed by atoms with Crippen molar-refractivity contribution >= 4 is 0 Å². The van der Waals surface area contributed by atoms with Gasteiger partial charge in [-0.1, -0.05) is 54.9 Å². The maximum absolute atomic E-state index is 3.87. The highest BCUT2D eigenvalue weighted by atomic mass is 15.2. The van der Waals surface area contributed by atoms with Crippen LogP contribution in [0.2, 0.25) is 0 Å². The van der Waals surface area contributed by atoms with E-state index in [-0.39, 0.29) is 0 Å². The van der Waals surface area contributed by atoms with Gasteiger partial charge in [0.05, 0.1) is 0 Å². The lowest BCUT2D eigenvalue weighted by Crippen LogP contribution is -2.63. The summed E-state index contributed by atoms with van der Waals surface area (Å²) in [5.74, 6) is 0.729. The summed E-state index contributed by atoms with van der Waals surface area (Å²) in [5, 5.41) is 3.87. The van der Waals surface area contributed by atoms with Crippen molar-refractivity contribution in [2.24, 2.45) is 5.92 Å². The van der Waals surface area contributed by atoms with Crippen molar-refractivity contribution < 1.29 is 0 Å². The molecule has 0 radical (unpaired) electrons. The lowest BCUT2D eigenvalue weighted by molar-refractivity contribution is 0.0287. The third kappa shape index (κ3) is 4.46. The van der Waals surface area contributed by atoms with Crippen LogP contribution in [0.1, 0.15) is 74.1 Å². The zero-order chi connectivity index (χ0) is 14.9. The Labute approximate surface area is 122 Å². The minimum Gasteiger partial charge on any atom is -0.312 e. The lowest BCUT2D eigenvalue weighted by atomic mass is 9.75. The van der Waals surface area contributed by atoms with E-state index in [2.05, 4.69) is 58.7 Å². The van der Waals surface area contributed by atoms with E-state index >= 15 is 0 Å². The number of nitrogens with one attached hydrogen (secondary N) is 1. The average molecular weight is 271 g/mol. The predicted molar refractivity (Wildman–Crippen MR) is 87.8 cm³/mol. The second-order valence-corrected chi connectivity index (χ2v) is 5.80. The molecule has 2 heteroatoms. The Hall–Kier alpha value is -0.0800. The van der Waals surface area contributed by atoms with E-state index in [1.54, 1.807) is 0 Å². The number of rotatable bonds is 11. The van der Waals surface area contributed by atoms with Gasteiger partial charge in [-0.15, -0.1) is 0 Å². The van der Waals surface area contributed by atoms with Gasteiger partial charge in [0.15, 0.2) is 0 Å². The third-order valence-corrected chi connectivity index (χ3v) is 5.02. The van der Waals surface area contributed by atoms with E-state index in [1.165, 1.54) is 25.7 Å². The van der Waals surface area contributed by atoms with Crippen molar-refractivity contribution in [3.8, 4) is 0 Å². The van der Waals surface area contributed by atoms with Crippen LogP contribution >= 0.6 is 0 Å². The molecule has 0 aromatic carbocycles. The van der Waals surface area contributed by atoms with Gasteiger partial charge >= 0.3 is 0 Å². The predicted octanol–water partition coefficient (Wildman–Crippen LogP) is 4.30. The molecule has 0 aliphatic carbocycles. The van der Waals surface area contributed by atoms with Crippen molar-refractivity contribution in [2.75, 3.05) is 19.6 Å². The molecular weight excluding hydrogens is 232 g/mol. The van der Waals surface area contributed by atoms with Crippen LogP contribution in [0, 0.1) is 5.92 Å². The molecule has 0 heterocycles. The molecule has 0 fully saturated rings. The molecule has 0 saturated heterocycles. The van der Waals surface area contributed by atoms with Gasteiger partial charge in [-0.25, -0.2) is 0 Å². The zero-order valence-corrected chi connectivity index (χ0v) is 14.6. The minimum absolute atomic E-state index is 0.314. The van der Waals surface area contributed by atoms with Gasteiger partial charge in [0.1, 0.15) is 0 Å². The minimum atomic E-state index is 0.314. The van der Waals surface area contributed by atoms with Crippen LogP contribution in [-0.2, 0) is 0 Å². The number of nitrogens with zero attached hydrogens (tertiary/aromatic N) is 1. The maximum atomic E-state index is 3.87. The van der Waals surface area contributed by atoms with Gasteiger partial charge < -0.3 is 5.32 Å². The monoisotopic (exact) mass is 270 g/mol. The van der Waals surface area contributed by atoms with E-state index < -0.39 is 0 Å². The molecule has 0 rings (SSSR count). The molecule has 0 amide bonds. The van der Waals surface area contributed by atoms with E-state index in [0.29, 0.717) is 11.6 Å².